The molecule has 0 spiro atoms. The average molecular weight is 1020 g/mol. The van der Waals surface area contributed by atoms with Gasteiger partial charge in [0.15, 0.2) is 6.29 Å². The summed E-state index contributed by atoms with van der Waals surface area (Å²) in [5.74, 6) is 6.86. The van der Waals surface area contributed by atoms with Crippen LogP contribution in [0.3, 0.4) is 0 Å². The minimum Gasteiger partial charge on any atom is -0.394 e. The lowest BCUT2D eigenvalue weighted by Gasteiger charge is -2.53. The van der Waals surface area contributed by atoms with Crippen molar-refractivity contribution in [2.75, 3.05) is 59.3 Å². The predicted octanol–water partition coefficient (Wildman–Crippen LogP) is 8.85. The number of hydrogen-bond acceptors (Lipinski definition) is 12. The Morgan fingerprint density at radius 2 is 1.18 bits per heavy atom. The van der Waals surface area contributed by atoms with Crippen molar-refractivity contribution in [3.8, 4) is 0 Å². The summed E-state index contributed by atoms with van der Waals surface area (Å²) in [7, 11) is 0. The fourth-order valence-corrected chi connectivity index (χ4v) is 13.5. The maximum atomic E-state index is 12.8. The van der Waals surface area contributed by atoms with E-state index >= 15 is 0 Å². The number of aliphatic hydroxyl groups is 4. The molecular formula is C58H105N3O11. The monoisotopic (exact) mass is 1020 g/mol. The third-order valence-corrected chi connectivity index (χ3v) is 17.6. The molecule has 5 rings (SSSR count). The van der Waals surface area contributed by atoms with Gasteiger partial charge in [-0.05, 0) is 156 Å². The smallest absolute Gasteiger partial charge is 0.220 e. The van der Waals surface area contributed by atoms with Crippen LogP contribution in [0.25, 0.3) is 0 Å². The second kappa shape index (κ2) is 36.3. The molecule has 1 saturated heterocycles. The van der Waals surface area contributed by atoms with Crippen LogP contribution >= 0.6 is 0 Å². The highest BCUT2D eigenvalue weighted by molar-refractivity contribution is 5.76. The molecule has 7 N–H and O–H groups in total. The Labute approximate surface area is 435 Å². The predicted molar refractivity (Wildman–Crippen MR) is 283 cm³/mol. The lowest BCUT2D eigenvalue weighted by Crippen LogP contribution is -2.59. The van der Waals surface area contributed by atoms with Crippen LogP contribution in [0.2, 0.25) is 0 Å². The minimum atomic E-state index is -1.48. The van der Waals surface area contributed by atoms with Crippen LogP contribution < -0.4 is 16.1 Å². The molecular weight excluding hydrogens is 915 g/mol. The van der Waals surface area contributed by atoms with Crippen LogP contribution in [0.1, 0.15) is 200 Å². The number of aliphatic hydroxyl groups excluding tert-OH is 4. The maximum absolute atomic E-state index is 12.8. The van der Waals surface area contributed by atoms with Gasteiger partial charge in [-0.25, -0.2) is 5.48 Å². The Kier molecular flexibility index (Phi) is 30.9. The van der Waals surface area contributed by atoms with Crippen LogP contribution in [0.5, 0.6) is 0 Å². The number of hydrogen-bond donors (Lipinski definition) is 7. The lowest BCUT2D eigenvalue weighted by molar-refractivity contribution is -0.302. The quantitative estimate of drug-likeness (QED) is 0.0176. The Morgan fingerprint density at radius 3 is 1.94 bits per heavy atom. The fraction of sp³-hybridized carbons (Fsp3) is 0.931. The first-order valence-corrected chi connectivity index (χ1v) is 29.9. The maximum Gasteiger partial charge on any atom is 0.220 e. The molecule has 1 heterocycles. The topological polar surface area (TPSA) is 197 Å². The summed E-state index contributed by atoms with van der Waals surface area (Å²) in [5, 5.41) is 45.0. The number of hydroxylamine groups is 1. The van der Waals surface area contributed by atoms with Crippen molar-refractivity contribution in [3.05, 3.63) is 12.2 Å². The number of carbonyl (C=O) groups excluding carboxylic acids is 2. The van der Waals surface area contributed by atoms with Gasteiger partial charge in [-0.3, -0.25) is 14.4 Å². The Bertz CT molecular complexity index is 1460. The Morgan fingerprint density at radius 1 is 0.597 bits per heavy atom. The zero-order valence-corrected chi connectivity index (χ0v) is 45.3. The number of allylic oxidation sites excluding steroid dienone is 2. The molecule has 9 unspecified atom stereocenters. The largest absolute Gasteiger partial charge is 0.394 e. The van der Waals surface area contributed by atoms with E-state index in [-0.39, 0.29) is 25.0 Å². The molecule has 5 fully saturated rings. The minimum absolute atomic E-state index is 0.0104. The van der Waals surface area contributed by atoms with Gasteiger partial charge in [-0.15, -0.1) is 0 Å². The van der Waals surface area contributed by atoms with E-state index < -0.39 is 37.3 Å². The standard InChI is InChI=1S/C58H105N3O11/c1-3-4-5-6-7-8-9-10-11-12-13-14-15-16-17-21-34-61-72-45-25-27-47-44(41-45)24-26-50-49(47)31-30-48-46(28-29-51(48)50)43(2)23-32-54(64)59-33-20-18-19-22-53(63)60-35-36-68-37-38-69-39-40-70-58-57(67)56(66)55(65)52(42-62)71-58/h10-11,43-52,55-58,61-62,65-67H,3-9,12-42H2,1-2H3,(H,59,64)(H,60,63)/b11-10-/t43-,44?,45-,46-,47?,48?,49?,50?,51?,52?,55-,56?,57?,58+/m1/s1. The highest BCUT2D eigenvalue weighted by Gasteiger charge is 2.52. The summed E-state index contributed by atoms with van der Waals surface area (Å²) in [6, 6.07) is 0. The van der Waals surface area contributed by atoms with Crippen molar-refractivity contribution in [3.63, 3.8) is 0 Å². The van der Waals surface area contributed by atoms with Crippen LogP contribution in [-0.4, -0.2) is 128 Å². The molecule has 418 valence electrons. The number of rotatable bonds is 39. The van der Waals surface area contributed by atoms with E-state index in [1.54, 1.807) is 0 Å². The van der Waals surface area contributed by atoms with Gasteiger partial charge in [-0.2, -0.15) is 0 Å². The first kappa shape index (κ1) is 61.1. The zero-order valence-electron chi connectivity index (χ0n) is 45.3. The molecule has 14 atom stereocenters. The van der Waals surface area contributed by atoms with Gasteiger partial charge in [0.1, 0.15) is 24.4 Å². The number of amides is 2. The van der Waals surface area contributed by atoms with E-state index in [0.717, 1.165) is 73.7 Å². The van der Waals surface area contributed by atoms with Crippen LogP contribution in [-0.2, 0) is 33.4 Å². The SMILES string of the molecule is CCCCCCCC/C=C\CCCCCCCCNO[C@@H]1CCC2C(CCC3C2CCC2C3CC[C@@H]2[C@H](C)CCC(=O)NCCCCCC(=O)NCCOCCOCCO[C@H]2OC(CO)[C@@H](O)C(O)C2O)C1. The van der Waals surface area contributed by atoms with Gasteiger partial charge < -0.3 is 50.0 Å². The van der Waals surface area contributed by atoms with Crippen molar-refractivity contribution in [2.45, 2.75) is 237 Å². The molecule has 0 bridgehead atoms. The zero-order chi connectivity index (χ0) is 51.2. The number of carbonyl (C=O) groups is 2. The van der Waals surface area contributed by atoms with Crippen LogP contribution in [0.4, 0.5) is 0 Å². The molecule has 1 aliphatic heterocycles. The van der Waals surface area contributed by atoms with Gasteiger partial charge in [0, 0.05) is 32.5 Å². The summed E-state index contributed by atoms with van der Waals surface area (Å²) < 4.78 is 21.6. The molecule has 4 saturated carbocycles. The first-order chi connectivity index (χ1) is 35.2. The number of fused-ring (bicyclic) bond motifs is 5. The summed E-state index contributed by atoms with van der Waals surface area (Å²) in [4.78, 5) is 31.4. The number of ether oxygens (including phenoxy) is 4. The van der Waals surface area contributed by atoms with E-state index in [1.165, 1.54) is 148 Å². The van der Waals surface area contributed by atoms with Crippen molar-refractivity contribution in [2.24, 2.45) is 47.3 Å². The second-order valence-corrected chi connectivity index (χ2v) is 22.7. The molecule has 72 heavy (non-hydrogen) atoms. The summed E-state index contributed by atoms with van der Waals surface area (Å²) in [6.07, 6.45) is 34.2. The van der Waals surface area contributed by atoms with Gasteiger partial charge >= 0.3 is 0 Å². The van der Waals surface area contributed by atoms with E-state index in [9.17, 15) is 30.0 Å². The van der Waals surface area contributed by atoms with E-state index in [4.69, 9.17) is 23.8 Å². The Balaban J connectivity index is 0.795. The highest BCUT2D eigenvalue weighted by atomic mass is 16.7. The highest BCUT2D eigenvalue weighted by Crippen LogP contribution is 2.60. The number of unbranched alkanes of at least 4 members (excludes halogenated alkanes) is 14. The fourth-order valence-electron chi connectivity index (χ4n) is 13.5. The second-order valence-electron chi connectivity index (χ2n) is 22.7. The van der Waals surface area contributed by atoms with E-state index in [2.05, 4.69) is 42.1 Å². The van der Waals surface area contributed by atoms with Crippen molar-refractivity contribution in [1.29, 1.82) is 0 Å². The molecule has 0 aromatic carbocycles. The molecule has 4 aliphatic carbocycles. The normalized spacial score (nSPS) is 30.7. The van der Waals surface area contributed by atoms with Gasteiger partial charge in [-0.1, -0.05) is 90.2 Å². The third-order valence-electron chi connectivity index (χ3n) is 17.6. The van der Waals surface area contributed by atoms with Crippen LogP contribution in [0.15, 0.2) is 12.2 Å². The van der Waals surface area contributed by atoms with Gasteiger partial charge in [0.25, 0.3) is 0 Å². The lowest BCUT2D eigenvalue weighted by atomic mass is 9.53. The van der Waals surface area contributed by atoms with Crippen molar-refractivity contribution in [1.82, 2.24) is 16.1 Å². The number of nitrogens with one attached hydrogen (secondary N) is 3. The molecule has 5 aliphatic rings. The average Bonchev–Trinajstić information content (AvgIpc) is 3.84. The summed E-state index contributed by atoms with van der Waals surface area (Å²) in [5.41, 5.74) is 3.39. The molecule has 14 heteroatoms. The van der Waals surface area contributed by atoms with Gasteiger partial charge in [0.05, 0.1) is 45.7 Å². The Hall–Kier alpha value is -1.72. The molecule has 2 amide bonds. The third kappa shape index (κ3) is 21.7. The molecule has 14 nitrogen and oxygen atoms in total. The van der Waals surface area contributed by atoms with Crippen molar-refractivity contribution >= 4 is 11.8 Å². The summed E-state index contributed by atoms with van der Waals surface area (Å²) >= 11 is 0. The van der Waals surface area contributed by atoms with Gasteiger partial charge in [0.2, 0.25) is 11.8 Å². The summed E-state index contributed by atoms with van der Waals surface area (Å²) in [6.45, 7) is 7.50. The molecule has 0 radical (unpaired) electrons. The first-order valence-electron chi connectivity index (χ1n) is 29.9. The van der Waals surface area contributed by atoms with E-state index in [1.807, 2.05) is 0 Å². The van der Waals surface area contributed by atoms with Crippen LogP contribution in [0, 0.1) is 47.3 Å². The van der Waals surface area contributed by atoms with E-state index in [0.29, 0.717) is 57.8 Å². The molecule has 0 aromatic rings. The van der Waals surface area contributed by atoms with Crippen molar-refractivity contribution < 1.29 is 53.8 Å². The molecule has 0 aromatic heterocycles.